The summed E-state index contributed by atoms with van der Waals surface area (Å²) in [6.07, 6.45) is 0. The van der Waals surface area contributed by atoms with E-state index in [0.717, 1.165) is 22.2 Å². The number of aryl methyl sites for hydroxylation is 1. The summed E-state index contributed by atoms with van der Waals surface area (Å²) in [6, 6.07) is 3.42. The van der Waals surface area contributed by atoms with Crippen LogP contribution in [-0.2, 0) is 11.3 Å². The van der Waals surface area contributed by atoms with Gasteiger partial charge in [0.05, 0.1) is 12.2 Å². The molecule has 0 bridgehead atoms. The number of hydrogen-bond donors (Lipinski definition) is 2. The quantitative estimate of drug-likeness (QED) is 0.842. The fourth-order valence-electron chi connectivity index (χ4n) is 2.41. The van der Waals surface area contributed by atoms with Gasteiger partial charge in [0.2, 0.25) is 0 Å². The molecule has 0 saturated carbocycles. The van der Waals surface area contributed by atoms with E-state index in [2.05, 4.69) is 4.98 Å². The van der Waals surface area contributed by atoms with Crippen molar-refractivity contribution in [3.05, 3.63) is 29.0 Å². The highest BCUT2D eigenvalue weighted by atomic mass is 16.5. The zero-order valence-corrected chi connectivity index (χ0v) is 12.3. The summed E-state index contributed by atoms with van der Waals surface area (Å²) in [6.45, 7) is 4.49. The number of phenols is 1. The second kappa shape index (κ2) is 5.54. The van der Waals surface area contributed by atoms with Crippen LogP contribution in [0.3, 0.4) is 0 Å². The van der Waals surface area contributed by atoms with Gasteiger partial charge in [-0.3, -0.25) is 0 Å². The first-order valence-electron chi connectivity index (χ1n) is 6.60. The van der Waals surface area contributed by atoms with E-state index in [1.165, 1.54) is 0 Å². The van der Waals surface area contributed by atoms with Gasteiger partial charge in [-0.25, -0.2) is 4.79 Å². The van der Waals surface area contributed by atoms with E-state index in [1.54, 1.807) is 19.1 Å². The molecule has 2 N–H and O–H groups in total. The normalized spacial score (nSPS) is 11.2. The number of aromatic nitrogens is 1. The van der Waals surface area contributed by atoms with Crippen LogP contribution in [0.15, 0.2) is 12.1 Å². The van der Waals surface area contributed by atoms with Crippen LogP contribution in [0, 0.1) is 6.92 Å². The maximum absolute atomic E-state index is 12.2. The van der Waals surface area contributed by atoms with Crippen molar-refractivity contribution in [1.82, 2.24) is 9.88 Å². The van der Waals surface area contributed by atoms with Crippen molar-refractivity contribution in [3.8, 4) is 5.75 Å². The molecule has 0 fully saturated rings. The zero-order chi connectivity index (χ0) is 14.9. The van der Waals surface area contributed by atoms with Crippen LogP contribution in [0.1, 0.15) is 28.5 Å². The molecule has 0 aliphatic carbocycles. The monoisotopic (exact) mass is 276 g/mol. The van der Waals surface area contributed by atoms with Crippen LogP contribution in [-0.4, -0.2) is 41.7 Å². The molecule has 2 rings (SSSR count). The van der Waals surface area contributed by atoms with Crippen molar-refractivity contribution in [1.29, 1.82) is 0 Å². The molecular weight excluding hydrogens is 256 g/mol. The van der Waals surface area contributed by atoms with Gasteiger partial charge in [0.15, 0.2) is 0 Å². The number of H-pyrrole nitrogens is 1. The zero-order valence-electron chi connectivity index (χ0n) is 12.3. The minimum atomic E-state index is -0.359. The predicted octanol–water partition coefficient (Wildman–Crippen LogP) is 2.42. The van der Waals surface area contributed by atoms with E-state index in [9.17, 15) is 9.90 Å². The van der Waals surface area contributed by atoms with E-state index in [-0.39, 0.29) is 11.7 Å². The molecule has 5 nitrogen and oxygen atoms in total. The molecule has 1 heterocycles. The van der Waals surface area contributed by atoms with Crippen molar-refractivity contribution in [2.45, 2.75) is 20.4 Å². The average molecular weight is 276 g/mol. The number of aromatic hydroxyl groups is 1. The average Bonchev–Trinajstić information content (AvgIpc) is 2.69. The number of esters is 1. The van der Waals surface area contributed by atoms with Crippen molar-refractivity contribution < 1.29 is 14.6 Å². The highest BCUT2D eigenvalue weighted by Crippen LogP contribution is 2.32. The van der Waals surface area contributed by atoms with Crippen LogP contribution in [0.2, 0.25) is 0 Å². The van der Waals surface area contributed by atoms with Gasteiger partial charge in [0.1, 0.15) is 5.75 Å². The van der Waals surface area contributed by atoms with Crippen LogP contribution >= 0.6 is 0 Å². The van der Waals surface area contributed by atoms with E-state index >= 15 is 0 Å². The van der Waals surface area contributed by atoms with E-state index < -0.39 is 0 Å². The predicted molar refractivity (Wildman–Crippen MR) is 78.0 cm³/mol. The molecule has 0 atom stereocenters. The Kier molecular flexibility index (Phi) is 3.99. The minimum absolute atomic E-state index is 0.191. The Morgan fingerprint density at radius 2 is 2.10 bits per heavy atom. The Labute approximate surface area is 118 Å². The summed E-state index contributed by atoms with van der Waals surface area (Å²) in [4.78, 5) is 17.3. The lowest BCUT2D eigenvalue weighted by Gasteiger charge is -2.13. The number of benzene rings is 1. The standard InChI is InChI=1S/C15H20N2O3/c1-5-20-15(19)13-9(2)16-11-6-7-12(18)10(14(11)13)8-17(3)4/h6-7,16,18H,5,8H2,1-4H3. The lowest BCUT2D eigenvalue weighted by Crippen LogP contribution is -2.12. The summed E-state index contributed by atoms with van der Waals surface area (Å²) in [7, 11) is 3.84. The third-order valence-corrected chi connectivity index (χ3v) is 3.19. The molecule has 0 aliphatic rings. The molecule has 2 aromatic rings. The summed E-state index contributed by atoms with van der Waals surface area (Å²) >= 11 is 0. The highest BCUT2D eigenvalue weighted by molar-refractivity contribution is 6.07. The van der Waals surface area contributed by atoms with Crippen molar-refractivity contribution in [3.63, 3.8) is 0 Å². The lowest BCUT2D eigenvalue weighted by atomic mass is 10.0. The third-order valence-electron chi connectivity index (χ3n) is 3.19. The van der Waals surface area contributed by atoms with Gasteiger partial charge >= 0.3 is 5.97 Å². The summed E-state index contributed by atoms with van der Waals surface area (Å²) in [5, 5.41) is 10.9. The first-order valence-corrected chi connectivity index (χ1v) is 6.60. The number of aromatic amines is 1. The number of ether oxygens (including phenoxy) is 1. The molecule has 0 aliphatic heterocycles. The Hall–Kier alpha value is -2.01. The van der Waals surface area contributed by atoms with Crippen LogP contribution in [0.5, 0.6) is 5.75 Å². The van der Waals surface area contributed by atoms with Crippen molar-refractivity contribution in [2.24, 2.45) is 0 Å². The Morgan fingerprint density at radius 1 is 1.40 bits per heavy atom. The van der Waals surface area contributed by atoms with E-state index in [1.807, 2.05) is 25.9 Å². The van der Waals surface area contributed by atoms with Crippen LogP contribution in [0.25, 0.3) is 10.9 Å². The topological polar surface area (TPSA) is 65.6 Å². The Bertz CT molecular complexity index is 644. The third kappa shape index (κ3) is 2.49. The largest absolute Gasteiger partial charge is 0.508 e. The second-order valence-electron chi connectivity index (χ2n) is 5.07. The van der Waals surface area contributed by atoms with Crippen molar-refractivity contribution in [2.75, 3.05) is 20.7 Å². The summed E-state index contributed by atoms with van der Waals surface area (Å²) in [5.74, 6) is -0.169. The molecule has 0 unspecified atom stereocenters. The molecular formula is C15H20N2O3. The first kappa shape index (κ1) is 14.4. The maximum Gasteiger partial charge on any atom is 0.340 e. The van der Waals surface area contributed by atoms with Gasteiger partial charge in [-0.2, -0.15) is 0 Å². The van der Waals surface area contributed by atoms with Gasteiger partial charge < -0.3 is 19.7 Å². The molecule has 1 aromatic carbocycles. The number of hydrogen-bond acceptors (Lipinski definition) is 4. The molecule has 20 heavy (non-hydrogen) atoms. The first-order chi connectivity index (χ1) is 9.45. The fraction of sp³-hybridized carbons (Fsp3) is 0.400. The number of rotatable bonds is 4. The Morgan fingerprint density at radius 3 is 2.70 bits per heavy atom. The van der Waals surface area contributed by atoms with Crippen LogP contribution in [0.4, 0.5) is 0 Å². The smallest absolute Gasteiger partial charge is 0.340 e. The van der Waals surface area contributed by atoms with Gasteiger partial charge in [0.25, 0.3) is 0 Å². The van der Waals surface area contributed by atoms with Crippen LogP contribution < -0.4 is 0 Å². The number of carbonyl (C=O) groups excluding carboxylic acids is 1. The summed E-state index contributed by atoms with van der Waals surface area (Å²) < 4.78 is 5.12. The molecule has 108 valence electrons. The van der Waals surface area contributed by atoms with Gasteiger partial charge in [0, 0.05) is 28.7 Å². The van der Waals surface area contributed by atoms with Gasteiger partial charge in [-0.05, 0) is 40.1 Å². The number of nitrogens with zero attached hydrogens (tertiary/aromatic N) is 1. The van der Waals surface area contributed by atoms with Gasteiger partial charge in [-0.1, -0.05) is 0 Å². The van der Waals surface area contributed by atoms with Crippen molar-refractivity contribution >= 4 is 16.9 Å². The SMILES string of the molecule is CCOC(=O)c1c(C)[nH]c2ccc(O)c(CN(C)C)c12. The number of phenolic OH excluding ortho intramolecular Hbond substituents is 1. The summed E-state index contributed by atoms with van der Waals surface area (Å²) in [5.41, 5.74) is 2.83. The second-order valence-corrected chi connectivity index (χ2v) is 5.07. The molecule has 0 spiro atoms. The minimum Gasteiger partial charge on any atom is -0.508 e. The molecule has 5 heteroatoms. The number of fused-ring (bicyclic) bond motifs is 1. The molecule has 0 amide bonds. The van der Waals surface area contributed by atoms with E-state index in [4.69, 9.17) is 4.74 Å². The molecule has 0 saturated heterocycles. The lowest BCUT2D eigenvalue weighted by molar-refractivity contribution is 0.0528. The number of carbonyl (C=O) groups is 1. The van der Waals surface area contributed by atoms with Gasteiger partial charge in [-0.15, -0.1) is 0 Å². The van der Waals surface area contributed by atoms with E-state index in [0.29, 0.717) is 18.7 Å². The molecule has 1 aromatic heterocycles. The maximum atomic E-state index is 12.2. The highest BCUT2D eigenvalue weighted by Gasteiger charge is 2.21. The molecule has 0 radical (unpaired) electrons. The Balaban J connectivity index is 2.70. The number of nitrogens with one attached hydrogen (secondary N) is 1. The fourth-order valence-corrected chi connectivity index (χ4v) is 2.41.